The van der Waals surface area contributed by atoms with E-state index >= 15 is 0 Å². The van der Waals surface area contributed by atoms with Crippen LogP contribution in [0.3, 0.4) is 0 Å². The monoisotopic (exact) mass is 292 g/mol. The SMILES string of the molecule is N#Cc1ccc2ccc(C(=O)c3ccc(F)c(O)c3)nc2c1. The van der Waals surface area contributed by atoms with Crippen LogP contribution >= 0.6 is 0 Å². The second kappa shape index (κ2) is 5.26. The number of phenols is 1. The second-order valence-corrected chi connectivity index (χ2v) is 4.71. The average Bonchev–Trinajstić information content (AvgIpc) is 2.55. The zero-order chi connectivity index (χ0) is 15.7. The van der Waals surface area contributed by atoms with E-state index < -0.39 is 17.3 Å². The van der Waals surface area contributed by atoms with Gasteiger partial charge >= 0.3 is 0 Å². The maximum atomic E-state index is 13.0. The lowest BCUT2D eigenvalue weighted by Crippen LogP contribution is -2.04. The summed E-state index contributed by atoms with van der Waals surface area (Å²) in [6.45, 7) is 0. The number of benzene rings is 2. The number of aromatic nitrogens is 1. The third-order valence-corrected chi connectivity index (χ3v) is 3.26. The van der Waals surface area contributed by atoms with Gasteiger partial charge in [0.25, 0.3) is 0 Å². The Bertz CT molecular complexity index is 945. The van der Waals surface area contributed by atoms with Crippen molar-refractivity contribution >= 4 is 16.7 Å². The van der Waals surface area contributed by atoms with Gasteiger partial charge in [0.15, 0.2) is 11.6 Å². The lowest BCUT2D eigenvalue weighted by Gasteiger charge is -2.04. The van der Waals surface area contributed by atoms with Crippen LogP contribution in [0.5, 0.6) is 5.75 Å². The van der Waals surface area contributed by atoms with Gasteiger partial charge in [0.2, 0.25) is 5.78 Å². The summed E-state index contributed by atoms with van der Waals surface area (Å²) >= 11 is 0. The largest absolute Gasteiger partial charge is 0.505 e. The van der Waals surface area contributed by atoms with Crippen molar-refractivity contribution in [1.82, 2.24) is 4.98 Å². The molecular formula is C17H9FN2O2. The predicted octanol–water partition coefficient (Wildman–Crippen LogP) is 3.18. The summed E-state index contributed by atoms with van der Waals surface area (Å²) < 4.78 is 13.0. The van der Waals surface area contributed by atoms with Crippen LogP contribution in [0.15, 0.2) is 48.5 Å². The summed E-state index contributed by atoms with van der Waals surface area (Å²) in [7, 11) is 0. The van der Waals surface area contributed by atoms with Gasteiger partial charge in [-0.15, -0.1) is 0 Å². The Hall–Kier alpha value is -3.26. The molecule has 0 saturated heterocycles. The van der Waals surface area contributed by atoms with Crippen molar-refractivity contribution in [2.75, 3.05) is 0 Å². The molecule has 0 atom stereocenters. The first-order valence-electron chi connectivity index (χ1n) is 6.42. The standard InChI is InChI=1S/C17H9FN2O2/c18-13-5-3-12(8-16(13)21)17(22)14-6-4-11-2-1-10(9-19)7-15(11)20-14/h1-8,21H. The molecule has 0 bridgehead atoms. The Morgan fingerprint density at radius 3 is 2.64 bits per heavy atom. The third-order valence-electron chi connectivity index (χ3n) is 3.26. The molecule has 3 aromatic rings. The molecule has 0 saturated carbocycles. The van der Waals surface area contributed by atoms with E-state index in [1.165, 1.54) is 6.07 Å². The molecule has 0 radical (unpaired) electrons. The fourth-order valence-corrected chi connectivity index (χ4v) is 2.11. The number of fused-ring (bicyclic) bond motifs is 1. The first-order chi connectivity index (χ1) is 10.6. The number of hydrogen-bond acceptors (Lipinski definition) is 4. The summed E-state index contributed by atoms with van der Waals surface area (Å²) in [5.41, 5.74) is 1.27. The van der Waals surface area contributed by atoms with E-state index in [-0.39, 0.29) is 11.3 Å². The molecule has 2 aromatic carbocycles. The molecule has 0 spiro atoms. The molecule has 0 aliphatic carbocycles. The van der Waals surface area contributed by atoms with Crippen LogP contribution in [-0.4, -0.2) is 15.9 Å². The number of pyridine rings is 1. The second-order valence-electron chi connectivity index (χ2n) is 4.71. The number of halogens is 1. The van der Waals surface area contributed by atoms with Crippen LogP contribution in [-0.2, 0) is 0 Å². The molecular weight excluding hydrogens is 283 g/mol. The number of carbonyl (C=O) groups is 1. The minimum atomic E-state index is -0.790. The van der Waals surface area contributed by atoms with Crippen molar-refractivity contribution in [3.63, 3.8) is 0 Å². The molecule has 22 heavy (non-hydrogen) atoms. The zero-order valence-corrected chi connectivity index (χ0v) is 11.2. The smallest absolute Gasteiger partial charge is 0.211 e. The van der Waals surface area contributed by atoms with E-state index in [0.717, 1.165) is 17.5 Å². The summed E-state index contributed by atoms with van der Waals surface area (Å²) in [6.07, 6.45) is 0. The highest BCUT2D eigenvalue weighted by molar-refractivity contribution is 6.08. The quantitative estimate of drug-likeness (QED) is 0.736. The third kappa shape index (κ3) is 2.38. The Labute approximate surface area is 125 Å². The van der Waals surface area contributed by atoms with E-state index in [1.807, 2.05) is 6.07 Å². The van der Waals surface area contributed by atoms with Crippen LogP contribution < -0.4 is 0 Å². The van der Waals surface area contributed by atoms with E-state index in [9.17, 15) is 14.3 Å². The summed E-state index contributed by atoms with van der Waals surface area (Å²) in [5.74, 6) is -1.81. The molecule has 1 N–H and O–H groups in total. The lowest BCUT2D eigenvalue weighted by atomic mass is 10.1. The number of nitriles is 1. The highest BCUT2D eigenvalue weighted by Crippen LogP contribution is 2.20. The fraction of sp³-hybridized carbons (Fsp3) is 0. The maximum absolute atomic E-state index is 13.0. The topological polar surface area (TPSA) is 74.0 Å². The van der Waals surface area contributed by atoms with Crippen molar-refractivity contribution < 1.29 is 14.3 Å². The van der Waals surface area contributed by atoms with Crippen molar-refractivity contribution in [2.24, 2.45) is 0 Å². The lowest BCUT2D eigenvalue weighted by molar-refractivity contribution is 0.103. The normalized spacial score (nSPS) is 10.4. The molecule has 1 aromatic heterocycles. The minimum absolute atomic E-state index is 0.141. The number of ketones is 1. The van der Waals surface area contributed by atoms with Gasteiger partial charge in [-0.1, -0.05) is 12.1 Å². The Balaban J connectivity index is 2.07. The molecule has 5 heteroatoms. The maximum Gasteiger partial charge on any atom is 0.211 e. The number of phenolic OH excluding ortho intramolecular Hbond substituents is 1. The minimum Gasteiger partial charge on any atom is -0.505 e. The predicted molar refractivity (Wildman–Crippen MR) is 78.0 cm³/mol. The van der Waals surface area contributed by atoms with E-state index in [2.05, 4.69) is 4.98 Å². The van der Waals surface area contributed by atoms with Gasteiger partial charge in [0.05, 0.1) is 17.1 Å². The molecule has 0 amide bonds. The fourth-order valence-electron chi connectivity index (χ4n) is 2.11. The van der Waals surface area contributed by atoms with Crippen LogP contribution in [0.25, 0.3) is 10.9 Å². The number of nitrogens with zero attached hydrogens (tertiary/aromatic N) is 2. The van der Waals surface area contributed by atoms with E-state index in [4.69, 9.17) is 5.26 Å². The van der Waals surface area contributed by atoms with Crippen molar-refractivity contribution in [3.8, 4) is 11.8 Å². The first-order valence-corrected chi connectivity index (χ1v) is 6.42. The van der Waals surface area contributed by atoms with E-state index in [0.29, 0.717) is 11.1 Å². The Morgan fingerprint density at radius 2 is 1.91 bits per heavy atom. The van der Waals surface area contributed by atoms with Crippen LogP contribution in [0.2, 0.25) is 0 Å². The number of aromatic hydroxyl groups is 1. The van der Waals surface area contributed by atoms with Gasteiger partial charge in [-0.05, 0) is 36.4 Å². The molecule has 4 nitrogen and oxygen atoms in total. The van der Waals surface area contributed by atoms with Gasteiger partial charge in [0, 0.05) is 10.9 Å². The number of rotatable bonds is 2. The molecule has 0 aliphatic heterocycles. The van der Waals surface area contributed by atoms with Crippen molar-refractivity contribution in [3.05, 3.63) is 71.2 Å². The zero-order valence-electron chi connectivity index (χ0n) is 11.2. The molecule has 0 aliphatic rings. The highest BCUT2D eigenvalue weighted by atomic mass is 19.1. The highest BCUT2D eigenvalue weighted by Gasteiger charge is 2.13. The summed E-state index contributed by atoms with van der Waals surface area (Å²) in [5, 5.41) is 19.1. The van der Waals surface area contributed by atoms with Crippen LogP contribution in [0.1, 0.15) is 21.6 Å². The van der Waals surface area contributed by atoms with Crippen molar-refractivity contribution in [2.45, 2.75) is 0 Å². The van der Waals surface area contributed by atoms with Gasteiger partial charge < -0.3 is 5.11 Å². The number of hydrogen-bond donors (Lipinski definition) is 1. The summed E-state index contributed by atoms with van der Waals surface area (Å²) in [4.78, 5) is 16.6. The average molecular weight is 292 g/mol. The molecule has 3 rings (SSSR count). The Morgan fingerprint density at radius 1 is 1.14 bits per heavy atom. The van der Waals surface area contributed by atoms with Gasteiger partial charge in [-0.3, -0.25) is 4.79 Å². The van der Waals surface area contributed by atoms with Crippen LogP contribution in [0.4, 0.5) is 4.39 Å². The Kier molecular flexibility index (Phi) is 3.28. The van der Waals surface area contributed by atoms with Crippen LogP contribution in [0, 0.1) is 17.1 Å². The molecule has 106 valence electrons. The molecule has 0 fully saturated rings. The summed E-state index contributed by atoms with van der Waals surface area (Å²) in [6, 6.07) is 13.7. The number of carbonyl (C=O) groups excluding carboxylic acids is 1. The molecule has 0 unspecified atom stereocenters. The van der Waals surface area contributed by atoms with Gasteiger partial charge in [0.1, 0.15) is 5.69 Å². The molecule has 1 heterocycles. The first kappa shape index (κ1) is 13.7. The van der Waals surface area contributed by atoms with Gasteiger partial charge in [-0.25, -0.2) is 9.37 Å². The van der Waals surface area contributed by atoms with Gasteiger partial charge in [-0.2, -0.15) is 5.26 Å². The van der Waals surface area contributed by atoms with E-state index in [1.54, 1.807) is 30.3 Å². The van der Waals surface area contributed by atoms with Crippen molar-refractivity contribution in [1.29, 1.82) is 5.26 Å².